The highest BCUT2D eigenvalue weighted by atomic mass is 35.5. The van der Waals surface area contributed by atoms with E-state index in [1.807, 2.05) is 0 Å². The Morgan fingerprint density at radius 3 is 3.19 bits per heavy atom. The fourth-order valence-electron chi connectivity index (χ4n) is 1.92. The zero-order valence-electron chi connectivity index (χ0n) is 9.25. The molecule has 0 amide bonds. The van der Waals surface area contributed by atoms with Gasteiger partial charge in [-0.05, 0) is 25.8 Å². The average Bonchev–Trinajstić information content (AvgIpc) is 2.72. The van der Waals surface area contributed by atoms with Crippen LogP contribution in [-0.2, 0) is 11.3 Å². The van der Waals surface area contributed by atoms with E-state index in [0.29, 0.717) is 17.1 Å². The third kappa shape index (κ3) is 4.01. The highest BCUT2D eigenvalue weighted by Gasteiger charge is 2.11. The first-order chi connectivity index (χ1) is 7.84. The molecule has 90 valence electrons. The fourth-order valence-corrected chi connectivity index (χ4v) is 2.83. The molecule has 0 aromatic carbocycles. The Labute approximate surface area is 105 Å². The molecular weight excluding hydrogens is 244 g/mol. The van der Waals surface area contributed by atoms with E-state index in [4.69, 9.17) is 16.3 Å². The van der Waals surface area contributed by atoms with Crippen molar-refractivity contribution in [2.45, 2.75) is 38.3 Å². The van der Waals surface area contributed by atoms with E-state index in [2.05, 4.69) is 10.3 Å². The minimum atomic E-state index is 0.590. The van der Waals surface area contributed by atoms with E-state index in [1.54, 1.807) is 6.20 Å². The molecule has 3 nitrogen and oxygen atoms in total. The molecule has 2 heterocycles. The number of hydrogen-bond acceptors (Lipinski definition) is 4. The van der Waals surface area contributed by atoms with Crippen LogP contribution in [0, 0.1) is 0 Å². The second-order valence-electron chi connectivity index (χ2n) is 4.07. The zero-order chi connectivity index (χ0) is 11.2. The van der Waals surface area contributed by atoms with Crippen molar-refractivity contribution in [3.63, 3.8) is 0 Å². The van der Waals surface area contributed by atoms with E-state index in [0.717, 1.165) is 24.4 Å². The molecule has 2 rings (SSSR count). The molecule has 0 bridgehead atoms. The number of halogens is 1. The average molecular weight is 261 g/mol. The van der Waals surface area contributed by atoms with Gasteiger partial charge < -0.3 is 10.1 Å². The van der Waals surface area contributed by atoms with Gasteiger partial charge in [0.25, 0.3) is 0 Å². The number of ether oxygens (including phenoxy) is 1. The maximum Gasteiger partial charge on any atom is 0.183 e. The third-order valence-corrected chi connectivity index (χ3v) is 3.88. The number of nitrogens with zero attached hydrogens (tertiary/aromatic N) is 1. The van der Waals surface area contributed by atoms with Crippen LogP contribution in [0.3, 0.4) is 0 Å². The van der Waals surface area contributed by atoms with Crippen LogP contribution < -0.4 is 5.32 Å². The van der Waals surface area contributed by atoms with E-state index >= 15 is 0 Å². The van der Waals surface area contributed by atoms with Gasteiger partial charge in [-0.15, -0.1) is 11.3 Å². The monoisotopic (exact) mass is 260 g/mol. The van der Waals surface area contributed by atoms with Crippen LogP contribution in [0.2, 0.25) is 4.47 Å². The lowest BCUT2D eigenvalue weighted by Crippen LogP contribution is -2.34. The molecule has 1 atom stereocenters. The first-order valence-corrected chi connectivity index (χ1v) is 6.95. The summed E-state index contributed by atoms with van der Waals surface area (Å²) in [5, 5.41) is 3.51. The van der Waals surface area contributed by atoms with Crippen molar-refractivity contribution in [3.8, 4) is 0 Å². The van der Waals surface area contributed by atoms with Gasteiger partial charge in [0.15, 0.2) is 4.47 Å². The standard InChI is InChI=1S/C11H17ClN2OS/c12-11-14-7-10(16-11)8-15-6-4-9-3-1-2-5-13-9/h7,9,13H,1-6,8H2. The second kappa shape index (κ2) is 6.55. The highest BCUT2D eigenvalue weighted by Crippen LogP contribution is 2.18. The van der Waals surface area contributed by atoms with Crippen LogP contribution >= 0.6 is 22.9 Å². The molecule has 1 aliphatic heterocycles. The van der Waals surface area contributed by atoms with Gasteiger partial charge in [0.05, 0.1) is 11.5 Å². The van der Waals surface area contributed by atoms with Gasteiger partial charge >= 0.3 is 0 Å². The molecule has 1 aromatic rings. The summed E-state index contributed by atoms with van der Waals surface area (Å²) in [4.78, 5) is 5.08. The van der Waals surface area contributed by atoms with Crippen LogP contribution in [0.4, 0.5) is 0 Å². The maximum absolute atomic E-state index is 5.74. The van der Waals surface area contributed by atoms with Crippen molar-refractivity contribution in [3.05, 3.63) is 15.5 Å². The fraction of sp³-hybridized carbons (Fsp3) is 0.727. The predicted octanol–water partition coefficient (Wildman–Crippen LogP) is 2.85. The number of aromatic nitrogens is 1. The van der Waals surface area contributed by atoms with Crippen molar-refractivity contribution >= 4 is 22.9 Å². The Balaban J connectivity index is 1.57. The summed E-state index contributed by atoms with van der Waals surface area (Å²) in [6, 6.07) is 0.652. The molecule has 0 radical (unpaired) electrons. The summed E-state index contributed by atoms with van der Waals surface area (Å²) >= 11 is 7.22. The molecule has 16 heavy (non-hydrogen) atoms. The first-order valence-electron chi connectivity index (χ1n) is 5.76. The normalized spacial score (nSPS) is 21.2. The Kier molecular flexibility index (Phi) is 5.03. The Morgan fingerprint density at radius 1 is 1.56 bits per heavy atom. The predicted molar refractivity (Wildman–Crippen MR) is 67.0 cm³/mol. The summed E-state index contributed by atoms with van der Waals surface area (Å²) in [5.74, 6) is 0. The van der Waals surface area contributed by atoms with Gasteiger partial charge in [-0.25, -0.2) is 4.98 Å². The number of thiazole rings is 1. The number of rotatable bonds is 5. The molecule has 0 saturated carbocycles. The van der Waals surface area contributed by atoms with Gasteiger partial charge in [-0.3, -0.25) is 0 Å². The Hall–Kier alpha value is -0.160. The molecule has 1 saturated heterocycles. The lowest BCUT2D eigenvalue weighted by Gasteiger charge is -2.23. The van der Waals surface area contributed by atoms with Crippen molar-refractivity contribution in [2.75, 3.05) is 13.2 Å². The molecule has 1 N–H and O–H groups in total. The van der Waals surface area contributed by atoms with Gasteiger partial charge in [0.2, 0.25) is 0 Å². The number of piperidine rings is 1. The highest BCUT2D eigenvalue weighted by molar-refractivity contribution is 7.15. The summed E-state index contributed by atoms with van der Waals surface area (Å²) < 4.78 is 6.20. The number of hydrogen-bond donors (Lipinski definition) is 1. The maximum atomic E-state index is 5.74. The second-order valence-corrected chi connectivity index (χ2v) is 5.76. The zero-order valence-corrected chi connectivity index (χ0v) is 10.8. The minimum Gasteiger partial charge on any atom is -0.376 e. The Bertz CT molecular complexity index is 313. The Morgan fingerprint density at radius 2 is 2.50 bits per heavy atom. The van der Waals surface area contributed by atoms with Crippen LogP contribution in [0.1, 0.15) is 30.6 Å². The van der Waals surface area contributed by atoms with E-state index < -0.39 is 0 Å². The van der Waals surface area contributed by atoms with Crippen molar-refractivity contribution in [1.82, 2.24) is 10.3 Å². The molecule has 1 unspecified atom stereocenters. The summed E-state index contributed by atoms with van der Waals surface area (Å²) in [6.07, 6.45) is 6.84. The SMILES string of the molecule is Clc1ncc(COCCC2CCCCN2)s1. The lowest BCUT2D eigenvalue weighted by molar-refractivity contribution is 0.110. The van der Waals surface area contributed by atoms with Crippen LogP contribution in [0.25, 0.3) is 0 Å². The third-order valence-electron chi connectivity index (χ3n) is 2.79. The van der Waals surface area contributed by atoms with E-state index in [1.165, 1.54) is 30.6 Å². The van der Waals surface area contributed by atoms with Crippen molar-refractivity contribution in [1.29, 1.82) is 0 Å². The minimum absolute atomic E-state index is 0.590. The summed E-state index contributed by atoms with van der Waals surface area (Å²) in [5.41, 5.74) is 0. The molecule has 5 heteroatoms. The quantitative estimate of drug-likeness (QED) is 0.827. The van der Waals surface area contributed by atoms with Crippen LogP contribution in [0.15, 0.2) is 6.20 Å². The van der Waals surface area contributed by atoms with Gasteiger partial charge in [0.1, 0.15) is 0 Å². The largest absolute Gasteiger partial charge is 0.376 e. The lowest BCUT2D eigenvalue weighted by atomic mass is 10.0. The molecule has 0 aliphatic carbocycles. The summed E-state index contributed by atoms with van der Waals surface area (Å²) in [6.45, 7) is 2.61. The topological polar surface area (TPSA) is 34.1 Å². The van der Waals surface area contributed by atoms with Gasteiger partial charge in [-0.2, -0.15) is 0 Å². The van der Waals surface area contributed by atoms with E-state index in [9.17, 15) is 0 Å². The number of nitrogens with one attached hydrogen (secondary N) is 1. The smallest absolute Gasteiger partial charge is 0.183 e. The van der Waals surface area contributed by atoms with Crippen LogP contribution in [-0.4, -0.2) is 24.2 Å². The molecule has 1 aliphatic rings. The molecule has 1 fully saturated rings. The van der Waals surface area contributed by atoms with Gasteiger partial charge in [0, 0.05) is 18.8 Å². The summed E-state index contributed by atoms with van der Waals surface area (Å²) in [7, 11) is 0. The van der Waals surface area contributed by atoms with Crippen LogP contribution in [0.5, 0.6) is 0 Å². The first kappa shape index (κ1) is 12.3. The molecular formula is C11H17ClN2OS. The molecule has 1 aromatic heterocycles. The van der Waals surface area contributed by atoms with E-state index in [-0.39, 0.29) is 0 Å². The van der Waals surface area contributed by atoms with Crippen molar-refractivity contribution < 1.29 is 4.74 Å². The van der Waals surface area contributed by atoms with Crippen molar-refractivity contribution in [2.24, 2.45) is 0 Å². The molecule has 0 spiro atoms. The van der Waals surface area contributed by atoms with Gasteiger partial charge in [-0.1, -0.05) is 18.0 Å².